The van der Waals surface area contributed by atoms with Gasteiger partial charge in [0.15, 0.2) is 0 Å². The van der Waals surface area contributed by atoms with E-state index in [0.29, 0.717) is 5.92 Å². The van der Waals surface area contributed by atoms with Crippen LogP contribution in [0.5, 0.6) is 0 Å². The van der Waals surface area contributed by atoms with Crippen molar-refractivity contribution in [1.82, 2.24) is 25.1 Å². The summed E-state index contributed by atoms with van der Waals surface area (Å²) in [4.78, 5) is 16.4. The molecule has 26 heavy (non-hydrogen) atoms. The number of aromatic nitrogens is 4. The smallest absolute Gasteiger partial charge is 0.314 e. The third-order valence-corrected chi connectivity index (χ3v) is 6.69. The van der Waals surface area contributed by atoms with E-state index >= 15 is 0 Å². The molecule has 7 nitrogen and oxygen atoms in total. The van der Waals surface area contributed by atoms with E-state index in [4.69, 9.17) is 0 Å². The minimum absolute atomic E-state index is 0.0178. The average molecular weight is 366 g/mol. The Labute approximate surface area is 154 Å². The van der Waals surface area contributed by atoms with Gasteiger partial charge in [0.2, 0.25) is 0 Å². The van der Waals surface area contributed by atoms with Crippen LogP contribution in [-0.2, 0) is 5.54 Å². The van der Waals surface area contributed by atoms with Crippen LogP contribution in [0.2, 0.25) is 0 Å². The quantitative estimate of drug-likeness (QED) is 0.772. The van der Waals surface area contributed by atoms with Crippen LogP contribution in [0, 0.1) is 5.92 Å². The highest BCUT2D eigenvalue weighted by atomic mass is 32.1. The molecule has 1 aliphatic heterocycles. The molecule has 1 N–H and O–H groups in total. The van der Waals surface area contributed by atoms with Crippen LogP contribution in [0.4, 0.5) is 10.5 Å². The molecule has 5 rings (SSSR count). The largest absolute Gasteiger partial charge is 0.322 e. The van der Waals surface area contributed by atoms with E-state index < -0.39 is 0 Å². The van der Waals surface area contributed by atoms with Crippen LogP contribution >= 0.6 is 11.3 Å². The predicted octanol–water partition coefficient (Wildman–Crippen LogP) is 3.27. The van der Waals surface area contributed by atoms with Gasteiger partial charge in [0.05, 0.1) is 11.2 Å². The highest BCUT2D eigenvalue weighted by Crippen LogP contribution is 2.58. The van der Waals surface area contributed by atoms with Crippen molar-refractivity contribution >= 4 is 23.1 Å². The Hall–Kier alpha value is -2.74. The molecule has 2 aliphatic rings. The maximum Gasteiger partial charge on any atom is 0.322 e. The SMILES string of the molecule is O=C(Nc1ccc(-n2cnnn2)cc1)N1CCC2CCC21c1cccs1. The first-order chi connectivity index (χ1) is 12.8. The summed E-state index contributed by atoms with van der Waals surface area (Å²) in [6, 6.07) is 11.8. The number of thiophene rings is 1. The van der Waals surface area contributed by atoms with Gasteiger partial charge in [-0.15, -0.1) is 16.4 Å². The third-order valence-electron chi connectivity index (χ3n) is 5.66. The molecule has 2 aromatic heterocycles. The first-order valence-corrected chi connectivity index (χ1v) is 9.61. The number of benzene rings is 1. The Morgan fingerprint density at radius 2 is 2.12 bits per heavy atom. The number of tetrazole rings is 1. The van der Waals surface area contributed by atoms with Crippen molar-refractivity contribution in [1.29, 1.82) is 0 Å². The second kappa shape index (κ2) is 5.91. The van der Waals surface area contributed by atoms with Crippen molar-refractivity contribution in [2.24, 2.45) is 5.92 Å². The van der Waals surface area contributed by atoms with Crippen LogP contribution in [0.3, 0.4) is 0 Å². The Balaban J connectivity index is 1.35. The lowest BCUT2D eigenvalue weighted by Crippen LogP contribution is -2.54. The zero-order valence-corrected chi connectivity index (χ0v) is 14.9. The normalized spacial score (nSPS) is 24.2. The van der Waals surface area contributed by atoms with Gasteiger partial charge in [0.25, 0.3) is 0 Å². The molecule has 3 heterocycles. The van der Waals surface area contributed by atoms with Gasteiger partial charge in [-0.25, -0.2) is 9.48 Å². The van der Waals surface area contributed by atoms with Crippen molar-refractivity contribution in [2.45, 2.75) is 24.8 Å². The maximum atomic E-state index is 13.0. The van der Waals surface area contributed by atoms with Crippen molar-refractivity contribution < 1.29 is 4.79 Å². The second-order valence-corrected chi connectivity index (χ2v) is 7.76. The van der Waals surface area contributed by atoms with Gasteiger partial charge >= 0.3 is 6.03 Å². The molecule has 1 aromatic carbocycles. The summed E-state index contributed by atoms with van der Waals surface area (Å²) < 4.78 is 1.58. The Morgan fingerprint density at radius 1 is 1.23 bits per heavy atom. The number of nitrogens with one attached hydrogen (secondary N) is 1. The maximum absolute atomic E-state index is 13.0. The highest BCUT2D eigenvalue weighted by molar-refractivity contribution is 7.10. The van der Waals surface area contributed by atoms with Crippen LogP contribution in [-0.4, -0.2) is 37.7 Å². The van der Waals surface area contributed by atoms with E-state index in [-0.39, 0.29) is 11.6 Å². The third kappa shape index (κ3) is 2.25. The fourth-order valence-electron chi connectivity index (χ4n) is 4.28. The average Bonchev–Trinajstić information content (AvgIpc) is 3.37. The number of carbonyl (C=O) groups excluding carboxylic acids is 1. The van der Waals surface area contributed by atoms with Gasteiger partial charge in [-0.1, -0.05) is 6.07 Å². The molecule has 132 valence electrons. The topological polar surface area (TPSA) is 75.9 Å². The molecule has 1 saturated carbocycles. The lowest BCUT2D eigenvalue weighted by molar-refractivity contribution is 0.0478. The van der Waals surface area contributed by atoms with Crippen molar-refractivity contribution in [2.75, 3.05) is 11.9 Å². The van der Waals surface area contributed by atoms with Crippen LogP contribution in [0.1, 0.15) is 24.1 Å². The minimum atomic E-state index is -0.0927. The van der Waals surface area contributed by atoms with Crippen molar-refractivity contribution in [3.8, 4) is 5.69 Å². The Morgan fingerprint density at radius 3 is 2.77 bits per heavy atom. The number of urea groups is 1. The molecule has 2 fully saturated rings. The second-order valence-electron chi connectivity index (χ2n) is 6.81. The van der Waals surface area contributed by atoms with E-state index in [2.05, 4.69) is 38.4 Å². The van der Waals surface area contributed by atoms with E-state index in [1.54, 1.807) is 22.3 Å². The molecule has 2 amide bonds. The number of fused-ring (bicyclic) bond motifs is 1. The number of hydrogen-bond donors (Lipinski definition) is 1. The summed E-state index contributed by atoms with van der Waals surface area (Å²) >= 11 is 1.76. The van der Waals surface area contributed by atoms with Crippen molar-refractivity contribution in [3.05, 3.63) is 53.0 Å². The van der Waals surface area contributed by atoms with Crippen LogP contribution in [0.15, 0.2) is 48.1 Å². The number of amides is 2. The molecule has 1 aliphatic carbocycles. The van der Waals surface area contributed by atoms with E-state index in [0.717, 1.165) is 30.8 Å². The van der Waals surface area contributed by atoms with Crippen LogP contribution < -0.4 is 5.32 Å². The summed E-state index contributed by atoms with van der Waals surface area (Å²) in [5.41, 5.74) is 1.53. The standard InChI is InChI=1S/C18H18N6OS/c25-17(20-14-3-5-15(6-4-14)24-12-19-21-22-24)23-10-8-13-7-9-18(13,23)16-2-1-11-26-16/h1-6,11-13H,7-10H2,(H,20,25). The van der Waals surface area contributed by atoms with Gasteiger partial charge in [0, 0.05) is 17.1 Å². The molecule has 2 atom stereocenters. The lowest BCUT2D eigenvalue weighted by atomic mass is 9.66. The highest BCUT2D eigenvalue weighted by Gasteiger charge is 2.58. The molecule has 2 unspecified atom stereocenters. The lowest BCUT2D eigenvalue weighted by Gasteiger charge is -2.49. The zero-order valence-electron chi connectivity index (χ0n) is 14.1. The summed E-state index contributed by atoms with van der Waals surface area (Å²) in [6.45, 7) is 0.817. The van der Waals surface area contributed by atoms with Gasteiger partial charge in [0.1, 0.15) is 6.33 Å². The monoisotopic (exact) mass is 366 g/mol. The number of hydrogen-bond acceptors (Lipinski definition) is 5. The fourth-order valence-corrected chi connectivity index (χ4v) is 5.32. The molecule has 3 aromatic rings. The van der Waals surface area contributed by atoms with Crippen molar-refractivity contribution in [3.63, 3.8) is 0 Å². The Kier molecular flexibility index (Phi) is 3.53. The van der Waals surface area contributed by atoms with E-state index in [1.165, 1.54) is 11.3 Å². The molecule has 8 heteroatoms. The predicted molar refractivity (Wildman–Crippen MR) is 98.2 cm³/mol. The molecular formula is C18H18N6OS. The van der Waals surface area contributed by atoms with Crippen LogP contribution in [0.25, 0.3) is 5.69 Å². The molecule has 1 saturated heterocycles. The Bertz CT molecular complexity index is 908. The summed E-state index contributed by atoms with van der Waals surface area (Å²) in [5.74, 6) is 0.592. The number of carbonyl (C=O) groups is 1. The van der Waals surface area contributed by atoms with Gasteiger partial charge in [-0.2, -0.15) is 0 Å². The van der Waals surface area contributed by atoms with Gasteiger partial charge < -0.3 is 10.2 Å². The minimum Gasteiger partial charge on any atom is -0.314 e. The summed E-state index contributed by atoms with van der Waals surface area (Å²) in [6.07, 6.45) is 4.90. The summed E-state index contributed by atoms with van der Waals surface area (Å²) in [5, 5.41) is 16.3. The number of anilines is 1. The fraction of sp³-hybridized carbons (Fsp3) is 0.333. The van der Waals surface area contributed by atoms with E-state index in [1.807, 2.05) is 29.2 Å². The zero-order chi connectivity index (χ0) is 17.6. The van der Waals surface area contributed by atoms with Gasteiger partial charge in [-0.05, 0) is 71.3 Å². The summed E-state index contributed by atoms with van der Waals surface area (Å²) in [7, 11) is 0. The molecule has 0 radical (unpaired) electrons. The number of rotatable bonds is 3. The molecular weight excluding hydrogens is 348 g/mol. The first-order valence-electron chi connectivity index (χ1n) is 8.73. The molecule has 0 bridgehead atoms. The number of nitrogens with zero attached hydrogens (tertiary/aromatic N) is 5. The number of likely N-dealkylation sites (tertiary alicyclic amines) is 1. The molecule has 0 spiro atoms. The van der Waals surface area contributed by atoms with Gasteiger partial charge in [-0.3, -0.25) is 0 Å². The van der Waals surface area contributed by atoms with E-state index in [9.17, 15) is 4.79 Å². The first kappa shape index (κ1) is 15.5.